The van der Waals surface area contributed by atoms with Crippen LogP contribution in [-0.2, 0) is 9.59 Å². The minimum Gasteiger partial charge on any atom is -0.481 e. The highest BCUT2D eigenvalue weighted by Gasteiger charge is 2.34. The normalized spacial score (nSPS) is 20.6. The molecule has 1 aliphatic rings. The van der Waals surface area contributed by atoms with Gasteiger partial charge in [-0.3, -0.25) is 9.59 Å². The van der Waals surface area contributed by atoms with E-state index in [1.54, 1.807) is 6.08 Å². The number of carbonyl (C=O) groups is 2. The van der Waals surface area contributed by atoms with Gasteiger partial charge >= 0.3 is 5.97 Å². The number of benzene rings is 1. The summed E-state index contributed by atoms with van der Waals surface area (Å²) in [7, 11) is 0. The van der Waals surface area contributed by atoms with Crippen molar-refractivity contribution in [2.45, 2.75) is 12.8 Å². The molecule has 0 saturated heterocycles. The number of rotatable bonds is 3. The molecule has 0 fully saturated rings. The first-order valence-corrected chi connectivity index (χ1v) is 6.79. The number of hydrogen-bond donors (Lipinski definition) is 2. The molecule has 0 bridgehead atoms. The predicted molar refractivity (Wildman–Crippen MR) is 77.8 cm³/mol. The zero-order chi connectivity index (χ0) is 15.4. The first kappa shape index (κ1) is 15.1. The Kier molecular flexibility index (Phi) is 4.61. The summed E-state index contributed by atoms with van der Waals surface area (Å²) in [6.45, 7) is 0. The summed E-state index contributed by atoms with van der Waals surface area (Å²) in [5.41, 5.74) is 0.765. The summed E-state index contributed by atoms with van der Waals surface area (Å²) in [5.74, 6) is -2.71. The van der Waals surface area contributed by atoms with Gasteiger partial charge in [-0.15, -0.1) is 0 Å². The zero-order valence-electron chi connectivity index (χ0n) is 11.0. The molecule has 0 aromatic heterocycles. The molecule has 0 aliphatic heterocycles. The topological polar surface area (TPSA) is 90.2 Å². The van der Waals surface area contributed by atoms with Crippen molar-refractivity contribution in [1.82, 2.24) is 0 Å². The molecule has 0 heterocycles. The van der Waals surface area contributed by atoms with E-state index in [0.717, 1.165) is 0 Å². The molecule has 2 unspecified atom stereocenters. The van der Waals surface area contributed by atoms with Crippen LogP contribution in [0.3, 0.4) is 0 Å². The number of carboxylic acid groups (broad SMARTS) is 1. The van der Waals surface area contributed by atoms with Crippen LogP contribution in [0.25, 0.3) is 0 Å². The highest BCUT2D eigenvalue weighted by Crippen LogP contribution is 2.29. The number of nitrogens with one attached hydrogen (secondary N) is 1. The SMILES string of the molecule is N#Cc1ccc(NC(=O)C2CC=CCC2C(=O)O)c(Cl)c1. The minimum atomic E-state index is -0.981. The van der Waals surface area contributed by atoms with E-state index in [9.17, 15) is 14.7 Å². The second kappa shape index (κ2) is 6.42. The van der Waals surface area contributed by atoms with Gasteiger partial charge < -0.3 is 10.4 Å². The zero-order valence-corrected chi connectivity index (χ0v) is 11.8. The maximum Gasteiger partial charge on any atom is 0.307 e. The molecule has 0 spiro atoms. The van der Waals surface area contributed by atoms with Gasteiger partial charge in [-0.25, -0.2) is 0 Å². The van der Waals surface area contributed by atoms with Crippen LogP contribution < -0.4 is 5.32 Å². The highest BCUT2D eigenvalue weighted by atomic mass is 35.5. The van der Waals surface area contributed by atoms with E-state index in [1.807, 2.05) is 12.1 Å². The number of allylic oxidation sites excluding steroid dienone is 2. The smallest absolute Gasteiger partial charge is 0.307 e. The van der Waals surface area contributed by atoms with Crippen LogP contribution in [0.4, 0.5) is 5.69 Å². The Morgan fingerprint density at radius 1 is 1.29 bits per heavy atom. The molecular weight excluding hydrogens is 292 g/mol. The molecule has 0 saturated carbocycles. The molecule has 1 aliphatic carbocycles. The summed E-state index contributed by atoms with van der Waals surface area (Å²) >= 11 is 5.99. The molecule has 2 atom stereocenters. The second-order valence-electron chi connectivity index (χ2n) is 4.79. The fourth-order valence-electron chi connectivity index (χ4n) is 2.29. The maximum atomic E-state index is 12.3. The van der Waals surface area contributed by atoms with Gasteiger partial charge in [0.25, 0.3) is 0 Å². The van der Waals surface area contributed by atoms with Crippen molar-refractivity contribution in [3.63, 3.8) is 0 Å². The first-order valence-electron chi connectivity index (χ1n) is 6.41. The standard InChI is InChI=1S/C15H13ClN2O3/c16-12-7-9(8-17)5-6-13(12)18-14(19)10-3-1-2-4-11(10)15(20)21/h1-2,5-7,10-11H,3-4H2,(H,18,19)(H,20,21). The van der Waals surface area contributed by atoms with Gasteiger partial charge in [0.15, 0.2) is 0 Å². The van der Waals surface area contributed by atoms with Gasteiger partial charge in [-0.2, -0.15) is 5.26 Å². The van der Waals surface area contributed by atoms with Crippen molar-refractivity contribution in [3.8, 4) is 6.07 Å². The lowest BCUT2D eigenvalue weighted by molar-refractivity contribution is -0.146. The van der Waals surface area contributed by atoms with E-state index in [-0.39, 0.29) is 10.9 Å². The van der Waals surface area contributed by atoms with E-state index >= 15 is 0 Å². The summed E-state index contributed by atoms with van der Waals surface area (Å²) in [6, 6.07) is 6.47. The quantitative estimate of drug-likeness (QED) is 0.840. The number of carbonyl (C=O) groups excluding carboxylic acids is 1. The predicted octanol–water partition coefficient (Wildman–Crippen LogP) is 2.82. The first-order chi connectivity index (χ1) is 10.0. The van der Waals surface area contributed by atoms with Crippen molar-refractivity contribution in [2.24, 2.45) is 11.8 Å². The lowest BCUT2D eigenvalue weighted by atomic mass is 9.82. The number of halogens is 1. The molecule has 108 valence electrons. The molecule has 1 aromatic rings. The molecule has 0 radical (unpaired) electrons. The van der Waals surface area contributed by atoms with Crippen molar-refractivity contribution in [3.05, 3.63) is 40.9 Å². The monoisotopic (exact) mass is 304 g/mol. The van der Waals surface area contributed by atoms with E-state index < -0.39 is 17.8 Å². The average Bonchev–Trinajstić information content (AvgIpc) is 2.49. The molecule has 21 heavy (non-hydrogen) atoms. The lowest BCUT2D eigenvalue weighted by Crippen LogP contribution is -2.34. The van der Waals surface area contributed by atoms with Crippen molar-refractivity contribution >= 4 is 29.2 Å². The van der Waals surface area contributed by atoms with Gasteiger partial charge in [-0.05, 0) is 31.0 Å². The lowest BCUT2D eigenvalue weighted by Gasteiger charge is -2.24. The van der Waals surface area contributed by atoms with E-state index in [0.29, 0.717) is 24.1 Å². The van der Waals surface area contributed by atoms with Crippen molar-refractivity contribution in [2.75, 3.05) is 5.32 Å². The Morgan fingerprint density at radius 2 is 1.95 bits per heavy atom. The Labute approximate surface area is 126 Å². The van der Waals surface area contributed by atoms with Gasteiger partial charge in [-0.1, -0.05) is 23.8 Å². The van der Waals surface area contributed by atoms with Crippen LogP contribution in [0.1, 0.15) is 18.4 Å². The third-order valence-corrected chi connectivity index (χ3v) is 3.76. The summed E-state index contributed by atoms with van der Waals surface area (Å²) in [6.07, 6.45) is 4.31. The van der Waals surface area contributed by atoms with Crippen LogP contribution in [0, 0.1) is 23.2 Å². The number of amides is 1. The fourth-order valence-corrected chi connectivity index (χ4v) is 2.52. The number of nitriles is 1. The van der Waals surface area contributed by atoms with Crippen LogP contribution in [0.15, 0.2) is 30.4 Å². The Bertz CT molecular complexity index is 649. The Hall–Kier alpha value is -2.32. The van der Waals surface area contributed by atoms with Gasteiger partial charge in [0.05, 0.1) is 34.2 Å². The molecule has 6 heteroatoms. The Balaban J connectivity index is 2.16. The van der Waals surface area contributed by atoms with Gasteiger partial charge in [0, 0.05) is 0 Å². The van der Waals surface area contributed by atoms with Crippen LogP contribution >= 0.6 is 11.6 Å². The van der Waals surface area contributed by atoms with E-state index in [2.05, 4.69) is 5.32 Å². The number of nitrogens with zero attached hydrogens (tertiary/aromatic N) is 1. The third kappa shape index (κ3) is 3.41. The van der Waals surface area contributed by atoms with Crippen LogP contribution in [0.5, 0.6) is 0 Å². The van der Waals surface area contributed by atoms with Gasteiger partial charge in [0.2, 0.25) is 5.91 Å². The molecule has 1 amide bonds. The number of anilines is 1. The largest absolute Gasteiger partial charge is 0.481 e. The minimum absolute atomic E-state index is 0.251. The molecule has 2 N–H and O–H groups in total. The third-order valence-electron chi connectivity index (χ3n) is 3.44. The van der Waals surface area contributed by atoms with Crippen molar-refractivity contribution in [1.29, 1.82) is 5.26 Å². The van der Waals surface area contributed by atoms with Crippen LogP contribution in [0.2, 0.25) is 5.02 Å². The molecular formula is C15H13ClN2O3. The number of hydrogen-bond acceptors (Lipinski definition) is 3. The van der Waals surface area contributed by atoms with Gasteiger partial charge in [0.1, 0.15) is 0 Å². The van der Waals surface area contributed by atoms with E-state index in [1.165, 1.54) is 18.2 Å². The Morgan fingerprint density at radius 3 is 2.52 bits per heavy atom. The van der Waals surface area contributed by atoms with E-state index in [4.69, 9.17) is 16.9 Å². The highest BCUT2D eigenvalue weighted by molar-refractivity contribution is 6.33. The summed E-state index contributed by atoms with van der Waals surface area (Å²) < 4.78 is 0. The second-order valence-corrected chi connectivity index (χ2v) is 5.20. The molecule has 5 nitrogen and oxygen atoms in total. The molecule has 1 aromatic carbocycles. The number of carboxylic acids is 1. The summed E-state index contributed by atoms with van der Waals surface area (Å²) in [4.78, 5) is 23.5. The fraction of sp³-hybridized carbons (Fsp3) is 0.267. The summed E-state index contributed by atoms with van der Waals surface area (Å²) in [5, 5.41) is 20.8. The number of aliphatic carboxylic acids is 1. The average molecular weight is 305 g/mol. The molecule has 2 rings (SSSR count). The van der Waals surface area contributed by atoms with Crippen molar-refractivity contribution < 1.29 is 14.7 Å². The van der Waals surface area contributed by atoms with Crippen LogP contribution in [-0.4, -0.2) is 17.0 Å². The maximum absolute atomic E-state index is 12.3.